The van der Waals surface area contributed by atoms with Crippen molar-refractivity contribution in [3.63, 3.8) is 0 Å². The van der Waals surface area contributed by atoms with Crippen molar-refractivity contribution in [2.75, 3.05) is 13.2 Å². The van der Waals surface area contributed by atoms with Crippen LogP contribution in [0, 0.1) is 5.92 Å². The third-order valence-electron chi connectivity index (χ3n) is 8.48. The van der Waals surface area contributed by atoms with Gasteiger partial charge in [-0.3, -0.25) is 9.59 Å². The number of carbonyl (C=O) groups is 2. The van der Waals surface area contributed by atoms with Crippen molar-refractivity contribution >= 4 is 11.9 Å². The van der Waals surface area contributed by atoms with E-state index in [4.69, 9.17) is 14.2 Å². The second kappa shape index (κ2) is 28.3. The van der Waals surface area contributed by atoms with Crippen LogP contribution in [0.4, 0.5) is 0 Å². The van der Waals surface area contributed by atoms with Crippen molar-refractivity contribution in [2.45, 2.75) is 179 Å². The average Bonchev–Trinajstić information content (AvgIpc) is 3.03. The summed E-state index contributed by atoms with van der Waals surface area (Å²) in [4.78, 5) is 24.0. The SMILES string of the molecule is CCCCCCCCCCCCCC(=O)OC[C@@H](O)COC(=O)CCC/C=C\C[C@H]1[C@@H](O)CC(O)O[C@@H]1/C=C/[C@@H](O)CCCCC. The highest BCUT2D eigenvalue weighted by Gasteiger charge is 2.35. The summed E-state index contributed by atoms with van der Waals surface area (Å²) in [6.45, 7) is 3.94. The third-order valence-corrected chi connectivity index (χ3v) is 8.48. The first-order chi connectivity index (χ1) is 22.3. The number of unbranched alkanes of at least 4 members (excludes halogenated alkanes) is 13. The predicted octanol–water partition coefficient (Wildman–Crippen LogP) is 6.83. The fourth-order valence-corrected chi connectivity index (χ4v) is 5.59. The smallest absolute Gasteiger partial charge is 0.305 e. The van der Waals surface area contributed by atoms with Gasteiger partial charge in [-0.25, -0.2) is 0 Å². The maximum Gasteiger partial charge on any atom is 0.305 e. The molecule has 9 heteroatoms. The molecule has 0 aromatic carbocycles. The van der Waals surface area contributed by atoms with E-state index in [1.807, 2.05) is 12.2 Å². The number of carbonyl (C=O) groups excluding carboxylic acids is 2. The fraction of sp³-hybridized carbons (Fsp3) is 0.838. The monoisotopic (exact) mass is 654 g/mol. The molecule has 9 nitrogen and oxygen atoms in total. The van der Waals surface area contributed by atoms with Gasteiger partial charge in [-0.05, 0) is 32.1 Å². The summed E-state index contributed by atoms with van der Waals surface area (Å²) >= 11 is 0. The Balaban J connectivity index is 2.14. The average molecular weight is 655 g/mol. The molecule has 0 bridgehead atoms. The Kier molecular flexibility index (Phi) is 25.9. The van der Waals surface area contributed by atoms with E-state index in [9.17, 15) is 30.0 Å². The van der Waals surface area contributed by atoms with Crippen LogP contribution >= 0.6 is 0 Å². The molecule has 0 aromatic rings. The molecule has 1 heterocycles. The van der Waals surface area contributed by atoms with Gasteiger partial charge in [-0.15, -0.1) is 0 Å². The second-order valence-electron chi connectivity index (χ2n) is 12.9. The zero-order valence-electron chi connectivity index (χ0n) is 28.9. The quantitative estimate of drug-likeness (QED) is 0.0405. The van der Waals surface area contributed by atoms with E-state index in [2.05, 4.69) is 13.8 Å². The molecule has 0 aromatic heterocycles. The Hall–Kier alpha value is -1.78. The van der Waals surface area contributed by atoms with Crippen molar-refractivity contribution in [1.82, 2.24) is 0 Å². The van der Waals surface area contributed by atoms with Crippen LogP contribution in [0.25, 0.3) is 0 Å². The van der Waals surface area contributed by atoms with Crippen LogP contribution in [0.1, 0.15) is 149 Å². The number of hydrogen-bond acceptors (Lipinski definition) is 9. The maximum absolute atomic E-state index is 12.1. The first-order valence-electron chi connectivity index (χ1n) is 18.3. The summed E-state index contributed by atoms with van der Waals surface area (Å²) < 4.78 is 15.9. The fourth-order valence-electron chi connectivity index (χ4n) is 5.59. The molecule has 1 unspecified atom stereocenters. The molecule has 46 heavy (non-hydrogen) atoms. The van der Waals surface area contributed by atoms with Gasteiger partial charge in [-0.2, -0.15) is 0 Å². The second-order valence-corrected chi connectivity index (χ2v) is 12.9. The molecular weight excluding hydrogens is 588 g/mol. The maximum atomic E-state index is 12.1. The summed E-state index contributed by atoms with van der Waals surface area (Å²) in [5.41, 5.74) is 0. The molecule has 1 aliphatic heterocycles. The van der Waals surface area contributed by atoms with Crippen LogP contribution in [0.3, 0.4) is 0 Å². The highest BCUT2D eigenvalue weighted by molar-refractivity contribution is 5.69. The molecule has 0 amide bonds. The molecule has 0 aliphatic carbocycles. The third kappa shape index (κ3) is 22.7. The first-order valence-corrected chi connectivity index (χ1v) is 18.3. The summed E-state index contributed by atoms with van der Waals surface area (Å²) in [5.74, 6) is -1.01. The van der Waals surface area contributed by atoms with E-state index in [1.54, 1.807) is 12.2 Å². The Morgan fingerprint density at radius 3 is 1.91 bits per heavy atom. The zero-order chi connectivity index (χ0) is 33.8. The molecule has 1 fully saturated rings. The van der Waals surface area contributed by atoms with Crippen molar-refractivity contribution < 1.29 is 44.2 Å². The van der Waals surface area contributed by atoms with Crippen LogP contribution < -0.4 is 0 Å². The summed E-state index contributed by atoms with van der Waals surface area (Å²) in [5, 5.41) is 40.7. The first kappa shape index (κ1) is 42.2. The lowest BCUT2D eigenvalue weighted by atomic mass is 9.87. The standard InChI is InChI=1S/C37H66O9/c1-3-5-7-8-9-10-11-12-13-14-19-23-35(41)44-28-31(39)29-45-36(42)24-20-16-15-18-22-32-33(40)27-37(43)46-34(32)26-25-30(38)21-17-6-4-2/h15,18,25-26,30-34,37-40,43H,3-14,16-17,19-24,27-29H2,1-2H3/b18-15-,26-25+/t30-,31+,32-,33-,34+,37?/m0/s1. The van der Waals surface area contributed by atoms with Gasteiger partial charge in [0.15, 0.2) is 6.29 Å². The van der Waals surface area contributed by atoms with E-state index < -0.39 is 36.7 Å². The number of rotatable bonds is 28. The van der Waals surface area contributed by atoms with Crippen molar-refractivity contribution in [3.05, 3.63) is 24.3 Å². The molecule has 0 spiro atoms. The topological polar surface area (TPSA) is 143 Å². The predicted molar refractivity (Wildman–Crippen MR) is 181 cm³/mol. The van der Waals surface area contributed by atoms with Crippen LogP contribution in [0.5, 0.6) is 0 Å². The van der Waals surface area contributed by atoms with Crippen LogP contribution in [-0.2, 0) is 23.8 Å². The Morgan fingerprint density at radius 1 is 0.761 bits per heavy atom. The van der Waals surface area contributed by atoms with Crippen molar-refractivity contribution in [2.24, 2.45) is 5.92 Å². The molecule has 4 N–H and O–H groups in total. The van der Waals surface area contributed by atoms with Crippen LogP contribution in [0.15, 0.2) is 24.3 Å². The minimum Gasteiger partial charge on any atom is -0.463 e. The molecule has 0 saturated carbocycles. The number of allylic oxidation sites excluding steroid dienone is 2. The number of ether oxygens (including phenoxy) is 3. The molecule has 1 saturated heterocycles. The Bertz CT molecular complexity index is 815. The molecule has 0 radical (unpaired) electrons. The van der Waals surface area contributed by atoms with E-state index in [0.29, 0.717) is 32.1 Å². The largest absolute Gasteiger partial charge is 0.463 e. The van der Waals surface area contributed by atoms with Crippen molar-refractivity contribution in [1.29, 1.82) is 0 Å². The van der Waals surface area contributed by atoms with Crippen LogP contribution in [0.2, 0.25) is 0 Å². The highest BCUT2D eigenvalue weighted by atomic mass is 16.6. The van der Waals surface area contributed by atoms with Gasteiger partial charge in [0, 0.05) is 25.2 Å². The van der Waals surface area contributed by atoms with Gasteiger partial charge < -0.3 is 34.6 Å². The molecule has 1 aliphatic rings. The molecular formula is C37H66O9. The zero-order valence-corrected chi connectivity index (χ0v) is 28.9. The van der Waals surface area contributed by atoms with Gasteiger partial charge in [0.2, 0.25) is 0 Å². The lowest BCUT2D eigenvalue weighted by molar-refractivity contribution is -0.199. The van der Waals surface area contributed by atoms with E-state index in [0.717, 1.165) is 38.5 Å². The number of aliphatic hydroxyl groups is 4. The number of aliphatic hydroxyl groups excluding tert-OH is 4. The van der Waals surface area contributed by atoms with Gasteiger partial charge in [-0.1, -0.05) is 122 Å². The normalized spacial score (nSPS) is 21.5. The lowest BCUT2D eigenvalue weighted by Crippen LogP contribution is -2.43. The Morgan fingerprint density at radius 2 is 1.30 bits per heavy atom. The summed E-state index contributed by atoms with van der Waals surface area (Å²) in [7, 11) is 0. The van der Waals surface area contributed by atoms with Crippen LogP contribution in [-0.4, -0.2) is 76.3 Å². The summed E-state index contributed by atoms with van der Waals surface area (Å²) in [6.07, 6.45) is 22.9. The Labute approximate surface area is 278 Å². The van der Waals surface area contributed by atoms with Gasteiger partial charge in [0.05, 0.1) is 18.3 Å². The van der Waals surface area contributed by atoms with Gasteiger partial charge in [0.25, 0.3) is 0 Å². The number of esters is 2. The van der Waals surface area contributed by atoms with E-state index in [1.165, 1.54) is 51.4 Å². The lowest BCUT2D eigenvalue weighted by Gasteiger charge is -2.36. The number of hydrogen-bond donors (Lipinski definition) is 4. The van der Waals surface area contributed by atoms with Crippen molar-refractivity contribution in [3.8, 4) is 0 Å². The minimum atomic E-state index is -1.05. The highest BCUT2D eigenvalue weighted by Crippen LogP contribution is 2.29. The minimum absolute atomic E-state index is 0.137. The van der Waals surface area contributed by atoms with E-state index >= 15 is 0 Å². The summed E-state index contributed by atoms with van der Waals surface area (Å²) in [6, 6.07) is 0. The van der Waals surface area contributed by atoms with E-state index in [-0.39, 0.29) is 37.9 Å². The molecule has 1 rings (SSSR count). The van der Waals surface area contributed by atoms with Gasteiger partial charge >= 0.3 is 11.9 Å². The molecule has 268 valence electrons. The molecule has 6 atom stereocenters. The van der Waals surface area contributed by atoms with Gasteiger partial charge in [0.1, 0.15) is 19.3 Å².